The Morgan fingerprint density at radius 3 is 2.50 bits per heavy atom. The van der Waals surface area contributed by atoms with E-state index in [0.717, 1.165) is 16.5 Å². The number of benzene rings is 3. The van der Waals surface area contributed by atoms with Crippen molar-refractivity contribution in [3.05, 3.63) is 76.5 Å². The highest BCUT2D eigenvalue weighted by molar-refractivity contribution is 9.10. The summed E-state index contributed by atoms with van der Waals surface area (Å²) in [5.74, 6) is -0.907. The summed E-state index contributed by atoms with van der Waals surface area (Å²) in [6.07, 6.45) is 0. The van der Waals surface area contributed by atoms with Gasteiger partial charge in [0.1, 0.15) is 5.82 Å². The number of carbonyl (C=O) groups is 1. The lowest BCUT2D eigenvalue weighted by molar-refractivity contribution is 0.0989. The third-order valence-electron chi connectivity index (χ3n) is 3.58. The molecule has 0 saturated heterocycles. The topological polar surface area (TPSA) is 20.3 Å². The molecule has 1 amide bonds. The van der Waals surface area contributed by atoms with Gasteiger partial charge in [0.15, 0.2) is 0 Å². The van der Waals surface area contributed by atoms with Crippen LogP contribution in [0.5, 0.6) is 0 Å². The van der Waals surface area contributed by atoms with E-state index in [9.17, 15) is 9.18 Å². The molecule has 0 atom stereocenters. The van der Waals surface area contributed by atoms with Crippen molar-refractivity contribution in [3.8, 4) is 0 Å². The Labute approximate surface area is 136 Å². The number of nitrogens with zero attached hydrogens (tertiary/aromatic N) is 1. The third kappa shape index (κ3) is 2.74. The number of carbonyl (C=O) groups excluding carboxylic acids is 1. The van der Waals surface area contributed by atoms with Crippen molar-refractivity contribution in [2.45, 2.75) is 0 Å². The van der Waals surface area contributed by atoms with Crippen LogP contribution < -0.4 is 4.90 Å². The number of hydrogen-bond acceptors (Lipinski definition) is 1. The summed E-state index contributed by atoms with van der Waals surface area (Å²) < 4.78 is 14.6. The van der Waals surface area contributed by atoms with Gasteiger partial charge in [-0.25, -0.2) is 4.39 Å². The molecule has 0 bridgehead atoms. The summed E-state index contributed by atoms with van der Waals surface area (Å²) in [5.41, 5.74) is 0.771. The fourth-order valence-corrected chi connectivity index (χ4v) is 2.71. The summed E-state index contributed by atoms with van der Waals surface area (Å²) in [5, 5.41) is 2.13. The van der Waals surface area contributed by atoms with Gasteiger partial charge in [-0.2, -0.15) is 0 Å². The molecule has 4 heteroatoms. The molecule has 22 heavy (non-hydrogen) atoms. The molecule has 0 fully saturated rings. The number of halogens is 2. The monoisotopic (exact) mass is 357 g/mol. The molecule has 0 aliphatic rings. The first-order valence-corrected chi connectivity index (χ1v) is 7.57. The second kappa shape index (κ2) is 5.89. The molecule has 0 saturated carbocycles. The van der Waals surface area contributed by atoms with Gasteiger partial charge in [-0.15, -0.1) is 0 Å². The van der Waals surface area contributed by atoms with Gasteiger partial charge >= 0.3 is 0 Å². The standard InChI is InChI=1S/C18H13BrFNO/c1-21(18(22)16-11-14(19)7-9-17(16)20)15-8-6-12-4-2-3-5-13(12)10-15/h2-11H,1H3. The molecule has 3 rings (SSSR count). The molecule has 3 aromatic carbocycles. The maximum atomic E-state index is 13.9. The summed E-state index contributed by atoms with van der Waals surface area (Å²) in [6, 6.07) is 18.0. The van der Waals surface area contributed by atoms with E-state index in [1.54, 1.807) is 13.1 Å². The van der Waals surface area contributed by atoms with E-state index < -0.39 is 5.82 Å². The molecule has 0 aromatic heterocycles. The number of anilines is 1. The second-order valence-corrected chi connectivity index (χ2v) is 5.94. The zero-order valence-corrected chi connectivity index (χ0v) is 13.5. The lowest BCUT2D eigenvalue weighted by Gasteiger charge is -2.18. The minimum absolute atomic E-state index is 0.0463. The van der Waals surface area contributed by atoms with Crippen molar-refractivity contribution in [3.63, 3.8) is 0 Å². The van der Waals surface area contributed by atoms with Crippen LogP contribution in [0.1, 0.15) is 10.4 Å². The maximum Gasteiger partial charge on any atom is 0.261 e. The summed E-state index contributed by atoms with van der Waals surface area (Å²) in [6.45, 7) is 0. The van der Waals surface area contributed by atoms with E-state index in [2.05, 4.69) is 15.9 Å². The second-order valence-electron chi connectivity index (χ2n) is 5.02. The molecule has 0 heterocycles. The van der Waals surface area contributed by atoms with Crippen LogP contribution in [0.25, 0.3) is 10.8 Å². The Morgan fingerprint density at radius 2 is 1.73 bits per heavy atom. The number of rotatable bonds is 2. The van der Waals surface area contributed by atoms with Crippen LogP contribution in [0.4, 0.5) is 10.1 Å². The molecule has 0 radical (unpaired) electrons. The van der Waals surface area contributed by atoms with Crippen LogP contribution in [0.3, 0.4) is 0 Å². The predicted molar refractivity (Wildman–Crippen MR) is 90.8 cm³/mol. The Kier molecular flexibility index (Phi) is 3.94. The average Bonchev–Trinajstić information content (AvgIpc) is 2.55. The normalized spacial score (nSPS) is 10.7. The van der Waals surface area contributed by atoms with Crippen molar-refractivity contribution >= 4 is 38.3 Å². The van der Waals surface area contributed by atoms with Gasteiger partial charge in [-0.3, -0.25) is 4.79 Å². The SMILES string of the molecule is CN(C(=O)c1cc(Br)ccc1F)c1ccc2ccccc2c1. The molecule has 0 unspecified atom stereocenters. The van der Waals surface area contributed by atoms with Gasteiger partial charge in [-0.05, 0) is 41.1 Å². The first kappa shape index (κ1) is 14.7. The van der Waals surface area contributed by atoms with Crippen LogP contribution in [-0.4, -0.2) is 13.0 Å². The minimum Gasteiger partial charge on any atom is -0.311 e. The smallest absolute Gasteiger partial charge is 0.261 e. The Hall–Kier alpha value is -2.20. The molecule has 0 aliphatic carbocycles. The molecule has 0 N–H and O–H groups in total. The van der Waals surface area contributed by atoms with Crippen LogP contribution >= 0.6 is 15.9 Å². The van der Waals surface area contributed by atoms with E-state index in [0.29, 0.717) is 4.47 Å². The van der Waals surface area contributed by atoms with Gasteiger partial charge in [-0.1, -0.05) is 46.3 Å². The van der Waals surface area contributed by atoms with Gasteiger partial charge < -0.3 is 4.90 Å². The molecule has 3 aromatic rings. The molecule has 0 spiro atoms. The first-order valence-electron chi connectivity index (χ1n) is 6.78. The number of fused-ring (bicyclic) bond motifs is 1. The number of hydrogen-bond donors (Lipinski definition) is 0. The maximum absolute atomic E-state index is 13.9. The minimum atomic E-state index is -0.527. The van der Waals surface area contributed by atoms with Crippen molar-refractivity contribution in [1.82, 2.24) is 0 Å². The Bertz CT molecular complexity index is 863. The van der Waals surface area contributed by atoms with Crippen molar-refractivity contribution < 1.29 is 9.18 Å². The van der Waals surface area contributed by atoms with Gasteiger partial charge in [0.05, 0.1) is 5.56 Å². The van der Waals surface area contributed by atoms with Crippen molar-refractivity contribution in [2.24, 2.45) is 0 Å². The highest BCUT2D eigenvalue weighted by Crippen LogP contribution is 2.24. The highest BCUT2D eigenvalue weighted by Gasteiger charge is 2.18. The molecule has 110 valence electrons. The highest BCUT2D eigenvalue weighted by atomic mass is 79.9. The quantitative estimate of drug-likeness (QED) is 0.630. The van der Waals surface area contributed by atoms with Crippen molar-refractivity contribution in [1.29, 1.82) is 0 Å². The number of amides is 1. The van der Waals surface area contributed by atoms with E-state index in [-0.39, 0.29) is 11.5 Å². The van der Waals surface area contributed by atoms with E-state index in [1.807, 2.05) is 42.5 Å². The van der Waals surface area contributed by atoms with Crippen LogP contribution in [0, 0.1) is 5.82 Å². The molecule has 2 nitrogen and oxygen atoms in total. The fraction of sp³-hybridized carbons (Fsp3) is 0.0556. The zero-order valence-electron chi connectivity index (χ0n) is 11.9. The third-order valence-corrected chi connectivity index (χ3v) is 4.08. The molecular weight excluding hydrogens is 345 g/mol. The van der Waals surface area contributed by atoms with E-state index in [1.165, 1.54) is 17.0 Å². The summed E-state index contributed by atoms with van der Waals surface area (Å²) >= 11 is 3.27. The van der Waals surface area contributed by atoms with Gasteiger partial charge in [0.25, 0.3) is 5.91 Å². The van der Waals surface area contributed by atoms with Crippen LogP contribution in [0.15, 0.2) is 65.1 Å². The molecular formula is C18H13BrFNO. The van der Waals surface area contributed by atoms with E-state index in [4.69, 9.17) is 0 Å². The summed E-state index contributed by atoms with van der Waals surface area (Å²) in [4.78, 5) is 14.0. The lowest BCUT2D eigenvalue weighted by Crippen LogP contribution is -2.27. The largest absolute Gasteiger partial charge is 0.311 e. The lowest BCUT2D eigenvalue weighted by atomic mass is 10.1. The van der Waals surface area contributed by atoms with Gasteiger partial charge in [0, 0.05) is 17.2 Å². The van der Waals surface area contributed by atoms with Crippen molar-refractivity contribution in [2.75, 3.05) is 11.9 Å². The zero-order chi connectivity index (χ0) is 15.7. The predicted octanol–water partition coefficient (Wildman–Crippen LogP) is 5.02. The Balaban J connectivity index is 1.99. The fourth-order valence-electron chi connectivity index (χ4n) is 2.34. The summed E-state index contributed by atoms with van der Waals surface area (Å²) in [7, 11) is 1.65. The first-order chi connectivity index (χ1) is 10.6. The van der Waals surface area contributed by atoms with Gasteiger partial charge in [0.2, 0.25) is 0 Å². The molecule has 0 aliphatic heterocycles. The van der Waals surface area contributed by atoms with Crippen LogP contribution in [0.2, 0.25) is 0 Å². The average molecular weight is 358 g/mol. The van der Waals surface area contributed by atoms with E-state index >= 15 is 0 Å². The Morgan fingerprint density at radius 1 is 1.00 bits per heavy atom. The van der Waals surface area contributed by atoms with Crippen LogP contribution in [-0.2, 0) is 0 Å².